The predicted molar refractivity (Wildman–Crippen MR) is 204 cm³/mol. The van der Waals surface area contributed by atoms with Gasteiger partial charge in [-0.05, 0) is 48.5 Å². The van der Waals surface area contributed by atoms with Crippen LogP contribution in [0.15, 0.2) is 108 Å². The second-order valence-corrected chi connectivity index (χ2v) is 14.8. The molecular weight excluding hydrogens is 807 g/mol. The van der Waals surface area contributed by atoms with Crippen molar-refractivity contribution in [3.05, 3.63) is 130 Å². The van der Waals surface area contributed by atoms with Gasteiger partial charge in [-0.2, -0.15) is 26.3 Å². The lowest BCUT2D eigenvalue weighted by Gasteiger charge is -2.07. The fourth-order valence-corrected chi connectivity index (χ4v) is 7.73. The van der Waals surface area contributed by atoms with Gasteiger partial charge >= 0.3 is 18.3 Å². The van der Waals surface area contributed by atoms with E-state index in [1.54, 1.807) is 54.2 Å². The van der Waals surface area contributed by atoms with Gasteiger partial charge in [0.15, 0.2) is 10.3 Å². The first-order chi connectivity index (χ1) is 26.2. The number of benzene rings is 4. The molecule has 0 aliphatic carbocycles. The largest absolute Gasteiger partial charge is 0.478 e. The molecule has 8 aromatic rings. The van der Waals surface area contributed by atoms with E-state index in [0.717, 1.165) is 35.6 Å². The van der Waals surface area contributed by atoms with E-state index < -0.39 is 29.4 Å². The molecule has 8 rings (SSSR count). The number of carbonyl (C=O) groups is 2. The minimum Gasteiger partial charge on any atom is -0.478 e. The van der Waals surface area contributed by atoms with Crippen molar-refractivity contribution in [3.63, 3.8) is 0 Å². The van der Waals surface area contributed by atoms with Gasteiger partial charge in [0, 0.05) is 34.3 Å². The fraction of sp³-hybridized carbons (Fsp3) is 0.0556. The molecule has 280 valence electrons. The number of carbonyl (C=O) groups excluding carboxylic acids is 1. The van der Waals surface area contributed by atoms with Crippen molar-refractivity contribution in [1.29, 1.82) is 0 Å². The summed E-state index contributed by atoms with van der Waals surface area (Å²) in [7, 11) is 0. The number of nitrogens with two attached hydrogens (primary N) is 1. The zero-order valence-electron chi connectivity index (χ0n) is 27.4. The Hall–Kier alpha value is -5.76. The van der Waals surface area contributed by atoms with Crippen molar-refractivity contribution >= 4 is 87.9 Å². The molecule has 4 aromatic heterocycles. The summed E-state index contributed by atoms with van der Waals surface area (Å²) in [5.41, 5.74) is 5.47. The Morgan fingerprint density at radius 3 is 1.58 bits per heavy atom. The molecule has 0 spiro atoms. The monoisotopic (exact) mass is 828 g/mol. The van der Waals surface area contributed by atoms with Crippen LogP contribution in [0.5, 0.6) is 0 Å². The molecule has 0 atom stereocenters. The van der Waals surface area contributed by atoms with Crippen molar-refractivity contribution in [3.8, 4) is 21.1 Å². The van der Waals surface area contributed by atoms with Gasteiger partial charge in [0.2, 0.25) is 0 Å². The second-order valence-electron chi connectivity index (χ2n) is 11.0. The Kier molecular flexibility index (Phi) is 11.6. The smallest absolute Gasteiger partial charge is 0.416 e. The topological polar surface area (TPSA) is 144 Å². The number of fused-ring (bicyclic) bond motifs is 2. The van der Waals surface area contributed by atoms with Crippen LogP contribution in [0.3, 0.4) is 0 Å². The Labute approximate surface area is 322 Å². The SMILES string of the molecule is Nc1nccs1.O=C(Nc1nccs1)c1cccc2sc(-c3cccc(C(F)(F)F)c3)nc12.O=C(O)c1cccc2sc(-c3cccc(C(F)(F)F)c3)nc12. The molecule has 0 unspecified atom stereocenters. The summed E-state index contributed by atoms with van der Waals surface area (Å²) in [5.74, 6) is -1.48. The zero-order valence-corrected chi connectivity index (χ0v) is 30.7. The highest BCUT2D eigenvalue weighted by molar-refractivity contribution is 7.22. The first kappa shape index (κ1) is 38.9. The number of halogens is 6. The first-order valence-electron chi connectivity index (χ1n) is 15.4. The molecule has 0 bridgehead atoms. The van der Waals surface area contributed by atoms with Gasteiger partial charge in [-0.25, -0.2) is 24.7 Å². The number of carboxylic acids is 1. The van der Waals surface area contributed by atoms with E-state index in [-0.39, 0.29) is 17.0 Å². The number of hydrogen-bond acceptors (Lipinski definition) is 11. The molecule has 19 heteroatoms. The number of para-hydroxylation sites is 2. The minimum atomic E-state index is -4.43. The summed E-state index contributed by atoms with van der Waals surface area (Å²) in [6.45, 7) is 0. The van der Waals surface area contributed by atoms with Gasteiger partial charge in [0.25, 0.3) is 5.91 Å². The maximum absolute atomic E-state index is 13.0. The molecule has 4 aromatic carbocycles. The third-order valence-electron chi connectivity index (χ3n) is 7.29. The van der Waals surface area contributed by atoms with E-state index >= 15 is 0 Å². The molecule has 9 nitrogen and oxygen atoms in total. The lowest BCUT2D eigenvalue weighted by atomic mass is 10.1. The van der Waals surface area contributed by atoms with Crippen molar-refractivity contribution in [2.45, 2.75) is 12.4 Å². The van der Waals surface area contributed by atoms with E-state index in [1.165, 1.54) is 58.3 Å². The van der Waals surface area contributed by atoms with Gasteiger partial charge in [-0.3, -0.25) is 10.1 Å². The Bertz CT molecular complexity index is 2590. The minimum absolute atomic E-state index is 0.0342. The summed E-state index contributed by atoms with van der Waals surface area (Å²) in [6.07, 6.45) is -5.60. The van der Waals surface area contributed by atoms with Crippen LogP contribution < -0.4 is 11.1 Å². The van der Waals surface area contributed by atoms with Crippen LogP contribution in [0, 0.1) is 0 Å². The molecule has 0 saturated heterocycles. The van der Waals surface area contributed by atoms with E-state index in [1.807, 2.05) is 5.38 Å². The number of aromatic nitrogens is 4. The van der Waals surface area contributed by atoms with Crippen LogP contribution >= 0.6 is 45.3 Å². The number of anilines is 2. The van der Waals surface area contributed by atoms with Gasteiger partial charge in [-0.15, -0.1) is 45.3 Å². The average molecular weight is 829 g/mol. The molecule has 0 fully saturated rings. The van der Waals surface area contributed by atoms with Crippen molar-refractivity contribution in [1.82, 2.24) is 19.9 Å². The number of carboxylic acid groups (broad SMARTS) is 1. The highest BCUT2D eigenvalue weighted by Gasteiger charge is 2.31. The number of amides is 1. The van der Waals surface area contributed by atoms with Crippen LogP contribution in [0.2, 0.25) is 0 Å². The molecule has 0 saturated carbocycles. The van der Waals surface area contributed by atoms with E-state index in [4.69, 9.17) is 10.8 Å². The summed E-state index contributed by atoms with van der Waals surface area (Å²) < 4.78 is 78.5. The van der Waals surface area contributed by atoms with Gasteiger partial charge in [-0.1, -0.05) is 36.4 Å². The van der Waals surface area contributed by atoms with Crippen molar-refractivity contribution < 1.29 is 41.0 Å². The number of rotatable bonds is 5. The molecular formula is C36H22F6N6O3S4. The number of nitrogens with one attached hydrogen (secondary N) is 1. The molecule has 55 heavy (non-hydrogen) atoms. The number of nitrogens with zero attached hydrogens (tertiary/aromatic N) is 4. The summed E-state index contributed by atoms with van der Waals surface area (Å²) in [5, 5.41) is 17.3. The standard InChI is InChI=1S/C18H10F3N3OS2.C15H8F3NO2S.C3H4N2S/c19-18(20,21)11-4-1-3-10(9-11)16-23-14-12(5-2-6-13(14)27-16)15(25)24-17-22-7-8-26-17;16-15(17,18)9-4-1-3-8(7-9)13-19-12-10(14(20)21)5-2-6-11(12)22-13;4-3-5-1-2-6-3/h1-9H,(H,22,24,25);1-7H,(H,20,21);1-2H,(H2,4,5). The number of nitrogen functional groups attached to an aromatic ring is 1. The predicted octanol–water partition coefficient (Wildman–Crippen LogP) is 11.1. The Balaban J connectivity index is 0.000000165. The van der Waals surface area contributed by atoms with Crippen molar-refractivity contribution in [2.75, 3.05) is 11.1 Å². The molecule has 4 heterocycles. The quantitative estimate of drug-likeness (QED) is 0.145. The second kappa shape index (κ2) is 16.3. The van der Waals surface area contributed by atoms with Crippen LogP contribution in [0.25, 0.3) is 41.6 Å². The molecule has 0 aliphatic heterocycles. The average Bonchev–Trinajstić information content (AvgIpc) is 3.99. The lowest BCUT2D eigenvalue weighted by Crippen LogP contribution is -2.12. The van der Waals surface area contributed by atoms with E-state index in [2.05, 4.69) is 25.3 Å². The normalized spacial score (nSPS) is 11.4. The molecule has 1 amide bonds. The highest BCUT2D eigenvalue weighted by Crippen LogP contribution is 2.37. The summed E-state index contributed by atoms with van der Waals surface area (Å²) in [6, 6.07) is 19.6. The van der Waals surface area contributed by atoms with Gasteiger partial charge in [0.05, 0.1) is 42.7 Å². The molecule has 0 radical (unpaired) electrons. The third kappa shape index (κ3) is 9.49. The summed E-state index contributed by atoms with van der Waals surface area (Å²) >= 11 is 5.13. The van der Waals surface area contributed by atoms with Gasteiger partial charge < -0.3 is 10.8 Å². The van der Waals surface area contributed by atoms with Gasteiger partial charge in [0.1, 0.15) is 10.0 Å². The third-order valence-corrected chi connectivity index (χ3v) is 10.7. The van der Waals surface area contributed by atoms with Crippen molar-refractivity contribution in [2.24, 2.45) is 0 Å². The molecule has 4 N–H and O–H groups in total. The number of alkyl halides is 6. The van der Waals surface area contributed by atoms with E-state index in [9.17, 15) is 35.9 Å². The maximum Gasteiger partial charge on any atom is 0.416 e. The van der Waals surface area contributed by atoms with Crippen LogP contribution in [-0.2, 0) is 12.4 Å². The lowest BCUT2D eigenvalue weighted by molar-refractivity contribution is -0.138. The zero-order chi connectivity index (χ0) is 39.3. The summed E-state index contributed by atoms with van der Waals surface area (Å²) in [4.78, 5) is 40.0. The number of thiazole rings is 4. The first-order valence-corrected chi connectivity index (χ1v) is 18.8. The molecule has 0 aliphatic rings. The Morgan fingerprint density at radius 2 is 1.15 bits per heavy atom. The Morgan fingerprint density at radius 1 is 0.655 bits per heavy atom. The maximum atomic E-state index is 13.0. The van der Waals surface area contributed by atoms with Crippen LogP contribution in [0.4, 0.5) is 36.6 Å². The number of aromatic carboxylic acids is 1. The van der Waals surface area contributed by atoms with Crippen LogP contribution in [0.1, 0.15) is 31.8 Å². The number of hydrogen-bond donors (Lipinski definition) is 3. The highest BCUT2D eigenvalue weighted by atomic mass is 32.1. The van der Waals surface area contributed by atoms with E-state index in [0.29, 0.717) is 51.9 Å². The fourth-order valence-electron chi connectivity index (χ4n) is 4.84. The van der Waals surface area contributed by atoms with Crippen LogP contribution in [-0.4, -0.2) is 36.9 Å².